The molecule has 0 bridgehead atoms. The molecule has 0 atom stereocenters. The second-order valence-corrected chi connectivity index (χ2v) is 4.65. The van der Waals surface area contributed by atoms with E-state index < -0.39 is 0 Å². The quantitative estimate of drug-likeness (QED) is 0.667. The Labute approximate surface area is 112 Å². The van der Waals surface area contributed by atoms with Crippen LogP contribution in [0.1, 0.15) is 5.56 Å². The van der Waals surface area contributed by atoms with Crippen molar-refractivity contribution in [2.45, 2.75) is 6.92 Å². The third-order valence-corrected chi connectivity index (χ3v) is 3.27. The molecule has 0 amide bonds. The number of rotatable bonds is 2. The highest BCUT2D eigenvalue weighted by Crippen LogP contribution is 2.30. The van der Waals surface area contributed by atoms with Gasteiger partial charge in [-0.05, 0) is 30.5 Å². The van der Waals surface area contributed by atoms with E-state index in [4.69, 9.17) is 0 Å². The summed E-state index contributed by atoms with van der Waals surface area (Å²) in [6.07, 6.45) is 0. The maximum absolute atomic E-state index is 10.4. The Hall–Kier alpha value is -2.32. The van der Waals surface area contributed by atoms with E-state index in [9.17, 15) is 5.21 Å². The van der Waals surface area contributed by atoms with E-state index in [0.29, 0.717) is 0 Å². The summed E-state index contributed by atoms with van der Waals surface area (Å²) in [4.78, 5) is 0. The predicted octanol–water partition coefficient (Wildman–Crippen LogP) is 4.68. The first kappa shape index (κ1) is 11.8. The van der Waals surface area contributed by atoms with Gasteiger partial charge >= 0.3 is 0 Å². The van der Waals surface area contributed by atoms with Crippen molar-refractivity contribution in [3.05, 3.63) is 72.3 Å². The number of benzene rings is 3. The lowest BCUT2D eigenvalue weighted by molar-refractivity contribution is 0.302. The molecule has 0 spiro atoms. The minimum absolute atomic E-state index is 0.766. The highest BCUT2D eigenvalue weighted by Gasteiger charge is 2.09. The molecule has 0 aliphatic carbocycles. The van der Waals surface area contributed by atoms with Gasteiger partial charge in [-0.2, -0.15) is 0 Å². The van der Waals surface area contributed by atoms with Crippen LogP contribution in [0.5, 0.6) is 0 Å². The topological polar surface area (TPSA) is 23.5 Å². The summed E-state index contributed by atoms with van der Waals surface area (Å²) in [6, 6.07) is 21.8. The average molecular weight is 249 g/mol. The third-order valence-electron chi connectivity index (χ3n) is 3.27. The Kier molecular flexibility index (Phi) is 2.94. The zero-order valence-corrected chi connectivity index (χ0v) is 10.7. The lowest BCUT2D eigenvalue weighted by Gasteiger charge is -2.19. The minimum Gasteiger partial charge on any atom is -0.283 e. The molecule has 94 valence electrons. The fraction of sp³-hybridized carbons (Fsp3) is 0.0588. The van der Waals surface area contributed by atoms with Crippen LogP contribution in [0, 0.1) is 6.92 Å². The molecular formula is C17H15NO. The van der Waals surface area contributed by atoms with Gasteiger partial charge in [0.1, 0.15) is 0 Å². The molecule has 19 heavy (non-hydrogen) atoms. The van der Waals surface area contributed by atoms with Crippen LogP contribution in [-0.4, -0.2) is 5.21 Å². The van der Waals surface area contributed by atoms with Gasteiger partial charge in [0.2, 0.25) is 0 Å². The van der Waals surface area contributed by atoms with Gasteiger partial charge in [-0.3, -0.25) is 5.21 Å². The molecule has 3 aromatic rings. The van der Waals surface area contributed by atoms with Crippen LogP contribution >= 0.6 is 0 Å². The Morgan fingerprint density at radius 1 is 0.789 bits per heavy atom. The van der Waals surface area contributed by atoms with Crippen LogP contribution < -0.4 is 5.06 Å². The third kappa shape index (κ3) is 2.18. The molecule has 0 radical (unpaired) electrons. The smallest absolute Gasteiger partial charge is 0.0771 e. The average Bonchev–Trinajstić information content (AvgIpc) is 2.47. The Morgan fingerprint density at radius 2 is 1.47 bits per heavy atom. The highest BCUT2D eigenvalue weighted by atomic mass is 16.5. The molecule has 0 aromatic heterocycles. The second-order valence-electron chi connectivity index (χ2n) is 4.65. The van der Waals surface area contributed by atoms with Crippen LogP contribution in [0.25, 0.3) is 10.8 Å². The molecule has 0 heterocycles. The first-order valence-electron chi connectivity index (χ1n) is 6.29. The summed E-state index contributed by atoms with van der Waals surface area (Å²) in [7, 11) is 0. The fourth-order valence-corrected chi connectivity index (χ4v) is 2.22. The Morgan fingerprint density at radius 3 is 2.26 bits per heavy atom. The number of anilines is 2. The van der Waals surface area contributed by atoms with Crippen molar-refractivity contribution in [3.63, 3.8) is 0 Å². The largest absolute Gasteiger partial charge is 0.283 e. The van der Waals surface area contributed by atoms with Gasteiger partial charge in [-0.15, -0.1) is 0 Å². The van der Waals surface area contributed by atoms with Crippen LogP contribution in [0.4, 0.5) is 11.4 Å². The van der Waals surface area contributed by atoms with Gasteiger partial charge < -0.3 is 0 Å². The normalized spacial score (nSPS) is 10.6. The van der Waals surface area contributed by atoms with Crippen LogP contribution in [-0.2, 0) is 0 Å². The predicted molar refractivity (Wildman–Crippen MR) is 79.1 cm³/mol. The molecule has 0 aliphatic rings. The number of hydrogen-bond donors (Lipinski definition) is 1. The molecule has 0 saturated heterocycles. The summed E-state index contributed by atoms with van der Waals surface area (Å²) in [5.41, 5.74) is 2.74. The first-order chi connectivity index (χ1) is 9.25. The van der Waals surface area contributed by atoms with Gasteiger partial charge in [-0.1, -0.05) is 54.1 Å². The van der Waals surface area contributed by atoms with Crippen molar-refractivity contribution in [3.8, 4) is 0 Å². The number of nitrogens with zero attached hydrogens (tertiary/aromatic N) is 1. The summed E-state index contributed by atoms with van der Waals surface area (Å²) >= 11 is 0. The van der Waals surface area contributed by atoms with Crippen LogP contribution in [0.2, 0.25) is 0 Å². The van der Waals surface area contributed by atoms with E-state index in [-0.39, 0.29) is 0 Å². The van der Waals surface area contributed by atoms with Crippen LogP contribution in [0.15, 0.2) is 66.7 Å². The number of fused-ring (bicyclic) bond motifs is 1. The zero-order chi connectivity index (χ0) is 13.2. The summed E-state index contributed by atoms with van der Waals surface area (Å²) in [5, 5.41) is 13.8. The summed E-state index contributed by atoms with van der Waals surface area (Å²) < 4.78 is 0. The minimum atomic E-state index is 0.766. The van der Waals surface area contributed by atoms with Crippen molar-refractivity contribution in [2.75, 3.05) is 5.06 Å². The molecule has 0 fully saturated rings. The maximum atomic E-state index is 10.4. The summed E-state index contributed by atoms with van der Waals surface area (Å²) in [6.45, 7) is 2.03. The molecule has 3 aromatic carbocycles. The molecule has 2 nitrogen and oxygen atoms in total. The monoisotopic (exact) mass is 249 g/mol. The summed E-state index contributed by atoms with van der Waals surface area (Å²) in [5.74, 6) is 0. The van der Waals surface area contributed by atoms with E-state index in [1.165, 1.54) is 10.6 Å². The van der Waals surface area contributed by atoms with Gasteiger partial charge in [0, 0.05) is 5.39 Å². The first-order valence-corrected chi connectivity index (χ1v) is 6.29. The zero-order valence-electron chi connectivity index (χ0n) is 10.7. The molecule has 3 rings (SSSR count). The van der Waals surface area contributed by atoms with Crippen molar-refractivity contribution in [2.24, 2.45) is 0 Å². The van der Waals surface area contributed by atoms with E-state index in [2.05, 4.69) is 0 Å². The second kappa shape index (κ2) is 4.75. The molecular weight excluding hydrogens is 234 g/mol. The van der Waals surface area contributed by atoms with Crippen molar-refractivity contribution < 1.29 is 5.21 Å². The van der Waals surface area contributed by atoms with Crippen molar-refractivity contribution in [1.82, 2.24) is 0 Å². The van der Waals surface area contributed by atoms with Gasteiger partial charge in [0.15, 0.2) is 0 Å². The highest BCUT2D eigenvalue weighted by molar-refractivity contribution is 5.95. The molecule has 0 aliphatic heterocycles. The fourth-order valence-electron chi connectivity index (χ4n) is 2.22. The standard InChI is InChI=1S/C17H15NO/c1-13-9-11-15(12-10-13)18(19)17-8-4-6-14-5-2-3-7-16(14)17/h2-12,19H,1H3. The Balaban J connectivity index is 2.11. The molecule has 1 N–H and O–H groups in total. The molecule has 0 saturated carbocycles. The van der Waals surface area contributed by atoms with E-state index in [1.54, 1.807) is 0 Å². The SMILES string of the molecule is Cc1ccc(N(O)c2cccc3ccccc23)cc1. The van der Waals surface area contributed by atoms with Crippen molar-refractivity contribution in [1.29, 1.82) is 0 Å². The van der Waals surface area contributed by atoms with Gasteiger partial charge in [-0.25, -0.2) is 5.06 Å². The van der Waals surface area contributed by atoms with E-state index >= 15 is 0 Å². The number of aryl methyl sites for hydroxylation is 1. The lowest BCUT2D eigenvalue weighted by atomic mass is 10.1. The molecule has 0 unspecified atom stereocenters. The molecule has 2 heteroatoms. The van der Waals surface area contributed by atoms with Crippen LogP contribution in [0.3, 0.4) is 0 Å². The van der Waals surface area contributed by atoms with Gasteiger partial charge in [0.25, 0.3) is 0 Å². The van der Waals surface area contributed by atoms with E-state index in [0.717, 1.165) is 22.1 Å². The Bertz CT molecular complexity index is 699. The van der Waals surface area contributed by atoms with E-state index in [1.807, 2.05) is 73.7 Å². The number of hydrogen-bond acceptors (Lipinski definition) is 2. The van der Waals surface area contributed by atoms with Gasteiger partial charge in [0.05, 0.1) is 11.4 Å². The van der Waals surface area contributed by atoms with Crippen molar-refractivity contribution >= 4 is 22.1 Å². The maximum Gasteiger partial charge on any atom is 0.0771 e. The lowest BCUT2D eigenvalue weighted by Crippen LogP contribution is -2.10.